The van der Waals surface area contributed by atoms with Crippen LogP contribution in [0.1, 0.15) is 70.0 Å². The van der Waals surface area contributed by atoms with Crippen molar-refractivity contribution in [2.75, 3.05) is 0 Å². The van der Waals surface area contributed by atoms with Crippen LogP contribution in [0.15, 0.2) is 12.3 Å². The molecule has 1 aromatic heterocycles. The van der Waals surface area contributed by atoms with E-state index in [1.807, 2.05) is 0 Å². The predicted molar refractivity (Wildman–Crippen MR) is 80.6 cm³/mol. The Morgan fingerprint density at radius 2 is 2.00 bits per heavy atom. The molecule has 0 saturated heterocycles. The summed E-state index contributed by atoms with van der Waals surface area (Å²) in [6, 6.07) is 2.71. The summed E-state index contributed by atoms with van der Waals surface area (Å²) in [5.41, 5.74) is 1.07. The fourth-order valence-electron chi connectivity index (χ4n) is 4.15. The molecule has 2 fully saturated rings. The van der Waals surface area contributed by atoms with Crippen LogP contribution in [0.2, 0.25) is 0 Å². The molecule has 20 heavy (non-hydrogen) atoms. The van der Waals surface area contributed by atoms with E-state index in [-0.39, 0.29) is 6.10 Å². The molecule has 2 saturated carbocycles. The first kappa shape index (κ1) is 14.1. The van der Waals surface area contributed by atoms with Crippen LogP contribution in [0.25, 0.3) is 0 Å². The minimum absolute atomic E-state index is 0.206. The fraction of sp³-hybridized carbons (Fsp3) is 0.824. The minimum Gasteiger partial charge on any atom is -0.392 e. The molecule has 112 valence electrons. The van der Waals surface area contributed by atoms with Crippen molar-refractivity contribution in [2.45, 2.75) is 76.9 Å². The Labute approximate surface area is 122 Å². The molecule has 3 nitrogen and oxygen atoms in total. The molecule has 0 radical (unpaired) electrons. The van der Waals surface area contributed by atoms with Crippen LogP contribution < -0.4 is 0 Å². The number of aromatic nitrogens is 2. The van der Waals surface area contributed by atoms with E-state index in [9.17, 15) is 5.11 Å². The van der Waals surface area contributed by atoms with Gasteiger partial charge in [0.25, 0.3) is 0 Å². The Morgan fingerprint density at radius 3 is 2.70 bits per heavy atom. The number of rotatable bonds is 4. The number of hydrogen-bond acceptors (Lipinski definition) is 2. The summed E-state index contributed by atoms with van der Waals surface area (Å²) in [4.78, 5) is 0. The van der Waals surface area contributed by atoms with Crippen molar-refractivity contribution < 1.29 is 5.11 Å². The van der Waals surface area contributed by atoms with Crippen molar-refractivity contribution in [1.82, 2.24) is 9.78 Å². The maximum atomic E-state index is 10.4. The zero-order valence-electron chi connectivity index (χ0n) is 12.7. The largest absolute Gasteiger partial charge is 0.392 e. The lowest BCUT2D eigenvalue weighted by Gasteiger charge is -2.22. The molecule has 3 rings (SSSR count). The third kappa shape index (κ3) is 3.08. The molecule has 0 bridgehead atoms. The van der Waals surface area contributed by atoms with Crippen LogP contribution in [0.3, 0.4) is 0 Å². The highest BCUT2D eigenvalue weighted by molar-refractivity contribution is 5.03. The molecule has 1 aromatic rings. The van der Waals surface area contributed by atoms with E-state index < -0.39 is 0 Å². The highest BCUT2D eigenvalue weighted by Gasteiger charge is 2.30. The highest BCUT2D eigenvalue weighted by Crippen LogP contribution is 2.34. The summed E-state index contributed by atoms with van der Waals surface area (Å²) in [6.07, 6.45) is 13.0. The van der Waals surface area contributed by atoms with E-state index in [2.05, 4.69) is 23.9 Å². The Morgan fingerprint density at radius 1 is 1.20 bits per heavy atom. The smallest absolute Gasteiger partial charge is 0.0650 e. The average Bonchev–Trinajstić information content (AvgIpc) is 3.09. The van der Waals surface area contributed by atoms with Gasteiger partial charge in [-0.3, -0.25) is 4.68 Å². The van der Waals surface area contributed by atoms with E-state index in [1.54, 1.807) is 0 Å². The second kappa shape index (κ2) is 6.30. The topological polar surface area (TPSA) is 38.0 Å². The van der Waals surface area contributed by atoms with Crippen molar-refractivity contribution in [2.24, 2.45) is 11.8 Å². The van der Waals surface area contributed by atoms with Gasteiger partial charge in [0.15, 0.2) is 0 Å². The van der Waals surface area contributed by atoms with Gasteiger partial charge in [-0.15, -0.1) is 0 Å². The molecular formula is C17H28N2O. The van der Waals surface area contributed by atoms with E-state index in [4.69, 9.17) is 5.10 Å². The van der Waals surface area contributed by atoms with E-state index in [1.165, 1.54) is 51.4 Å². The summed E-state index contributed by atoms with van der Waals surface area (Å²) in [5, 5.41) is 15.2. The van der Waals surface area contributed by atoms with Crippen molar-refractivity contribution in [1.29, 1.82) is 0 Å². The molecular weight excluding hydrogens is 248 g/mol. The standard InChI is InChI=1S/C17H28N2O/c1-13-6-5-9-16(13)17(20)12-14-10-11-19(18-14)15-7-3-2-4-8-15/h10-11,13,15-17,20H,2-9,12H2,1H3. The average molecular weight is 276 g/mol. The SMILES string of the molecule is CC1CCCC1C(O)Cc1ccn(C2CCCCC2)n1. The van der Waals surface area contributed by atoms with Gasteiger partial charge < -0.3 is 5.11 Å². The Hall–Kier alpha value is -0.830. The highest BCUT2D eigenvalue weighted by atomic mass is 16.3. The first-order chi connectivity index (χ1) is 9.74. The molecule has 0 amide bonds. The molecule has 0 aliphatic heterocycles. The lowest BCUT2D eigenvalue weighted by molar-refractivity contribution is 0.0890. The first-order valence-corrected chi connectivity index (χ1v) is 8.46. The number of hydrogen-bond donors (Lipinski definition) is 1. The summed E-state index contributed by atoms with van der Waals surface area (Å²) in [6.45, 7) is 2.28. The maximum absolute atomic E-state index is 10.4. The number of aliphatic hydroxyl groups excluding tert-OH is 1. The van der Waals surface area contributed by atoms with E-state index >= 15 is 0 Å². The van der Waals surface area contributed by atoms with Gasteiger partial charge in [-0.2, -0.15) is 5.10 Å². The lowest BCUT2D eigenvalue weighted by Crippen LogP contribution is -2.25. The van der Waals surface area contributed by atoms with Crippen molar-refractivity contribution in [3.8, 4) is 0 Å². The van der Waals surface area contributed by atoms with Crippen LogP contribution in [0.5, 0.6) is 0 Å². The van der Waals surface area contributed by atoms with Crippen LogP contribution in [0, 0.1) is 11.8 Å². The van der Waals surface area contributed by atoms with Gasteiger partial charge in [0.1, 0.15) is 0 Å². The zero-order chi connectivity index (χ0) is 13.9. The first-order valence-electron chi connectivity index (χ1n) is 8.46. The summed E-state index contributed by atoms with van der Waals surface area (Å²) >= 11 is 0. The molecule has 1 heterocycles. The third-order valence-electron chi connectivity index (χ3n) is 5.45. The van der Waals surface area contributed by atoms with Crippen LogP contribution in [0.4, 0.5) is 0 Å². The molecule has 0 spiro atoms. The van der Waals surface area contributed by atoms with Gasteiger partial charge in [0, 0.05) is 12.6 Å². The lowest BCUT2D eigenvalue weighted by atomic mass is 9.90. The summed E-state index contributed by atoms with van der Waals surface area (Å²) in [7, 11) is 0. The van der Waals surface area contributed by atoms with Gasteiger partial charge in [0.05, 0.1) is 17.8 Å². The van der Waals surface area contributed by atoms with Crippen LogP contribution in [-0.4, -0.2) is 21.0 Å². The van der Waals surface area contributed by atoms with Gasteiger partial charge in [-0.05, 0) is 37.2 Å². The summed E-state index contributed by atoms with van der Waals surface area (Å²) < 4.78 is 2.15. The molecule has 3 atom stereocenters. The van der Waals surface area contributed by atoms with Crippen LogP contribution >= 0.6 is 0 Å². The van der Waals surface area contributed by atoms with Gasteiger partial charge in [-0.25, -0.2) is 0 Å². The molecule has 3 unspecified atom stereocenters. The predicted octanol–water partition coefficient (Wildman–Crippen LogP) is 3.73. The van der Waals surface area contributed by atoms with Crippen LogP contribution in [-0.2, 0) is 6.42 Å². The Balaban J connectivity index is 1.59. The van der Waals surface area contributed by atoms with Crippen molar-refractivity contribution in [3.05, 3.63) is 18.0 Å². The molecule has 1 N–H and O–H groups in total. The monoisotopic (exact) mass is 276 g/mol. The Kier molecular flexibility index (Phi) is 4.45. The fourth-order valence-corrected chi connectivity index (χ4v) is 4.15. The van der Waals surface area contributed by atoms with Gasteiger partial charge >= 0.3 is 0 Å². The summed E-state index contributed by atoms with van der Waals surface area (Å²) in [5.74, 6) is 1.15. The molecule has 2 aliphatic rings. The normalized spacial score (nSPS) is 29.7. The second-order valence-electron chi connectivity index (χ2n) is 6.92. The Bertz CT molecular complexity index is 422. The number of aliphatic hydroxyl groups is 1. The number of nitrogens with zero attached hydrogens (tertiary/aromatic N) is 2. The van der Waals surface area contributed by atoms with Crippen molar-refractivity contribution >= 4 is 0 Å². The minimum atomic E-state index is -0.206. The van der Waals surface area contributed by atoms with E-state index in [0.29, 0.717) is 17.9 Å². The molecule has 3 heteroatoms. The molecule has 2 aliphatic carbocycles. The van der Waals surface area contributed by atoms with E-state index in [0.717, 1.165) is 12.1 Å². The zero-order valence-corrected chi connectivity index (χ0v) is 12.7. The van der Waals surface area contributed by atoms with Gasteiger partial charge in [0.2, 0.25) is 0 Å². The maximum Gasteiger partial charge on any atom is 0.0650 e. The van der Waals surface area contributed by atoms with Crippen molar-refractivity contribution in [3.63, 3.8) is 0 Å². The van der Waals surface area contributed by atoms with Gasteiger partial charge in [-0.1, -0.05) is 39.0 Å². The quantitative estimate of drug-likeness (QED) is 0.910. The molecule has 0 aromatic carbocycles. The third-order valence-corrected chi connectivity index (χ3v) is 5.45. The second-order valence-corrected chi connectivity index (χ2v) is 6.92.